The Morgan fingerprint density at radius 1 is 1.21 bits per heavy atom. The van der Waals surface area contributed by atoms with Crippen molar-refractivity contribution in [2.45, 2.75) is 25.7 Å². The van der Waals surface area contributed by atoms with Gasteiger partial charge in [0, 0.05) is 13.1 Å². The zero-order valence-corrected chi connectivity index (χ0v) is 16.6. The van der Waals surface area contributed by atoms with Gasteiger partial charge in [0.1, 0.15) is 0 Å². The Bertz CT molecular complexity index is 754. The van der Waals surface area contributed by atoms with E-state index in [1.54, 1.807) is 24.3 Å². The first-order valence-electron chi connectivity index (χ1n) is 7.84. The highest BCUT2D eigenvalue weighted by Gasteiger charge is 2.39. The van der Waals surface area contributed by atoms with Gasteiger partial charge in [0.05, 0.1) is 11.5 Å². The molecule has 1 heterocycles. The Morgan fingerprint density at radius 3 is 2.25 bits per heavy atom. The molecule has 0 amide bonds. The normalized spacial score (nSPS) is 18.5. The molecular formula is C16H26N3O3PS. The number of benzene rings is 1. The zero-order chi connectivity index (χ0) is 18.0. The Balaban J connectivity index is 2.48. The second-order valence-corrected chi connectivity index (χ2v) is 10.9. The van der Waals surface area contributed by atoms with Crippen LogP contribution >= 0.6 is 7.58 Å². The molecule has 1 fully saturated rings. The lowest BCUT2D eigenvalue weighted by Gasteiger charge is -2.30. The van der Waals surface area contributed by atoms with E-state index < -0.39 is 17.6 Å². The van der Waals surface area contributed by atoms with Crippen molar-refractivity contribution in [3.63, 3.8) is 0 Å². The summed E-state index contributed by atoms with van der Waals surface area (Å²) >= 11 is 0. The predicted octanol–water partition coefficient (Wildman–Crippen LogP) is 3.49. The molecule has 134 valence electrons. The van der Waals surface area contributed by atoms with Gasteiger partial charge in [-0.15, -0.1) is 4.15 Å². The van der Waals surface area contributed by atoms with Gasteiger partial charge in [0.25, 0.3) is 10.0 Å². The molecule has 24 heavy (non-hydrogen) atoms. The summed E-state index contributed by atoms with van der Waals surface area (Å²) in [6, 6.07) is 6.74. The van der Waals surface area contributed by atoms with Crippen LogP contribution in [0.1, 0.15) is 19.4 Å². The molecule has 0 aliphatic carbocycles. The van der Waals surface area contributed by atoms with E-state index >= 15 is 0 Å². The molecule has 0 radical (unpaired) electrons. The zero-order valence-electron chi connectivity index (χ0n) is 14.9. The lowest BCUT2D eigenvalue weighted by Crippen LogP contribution is -2.17. The summed E-state index contributed by atoms with van der Waals surface area (Å²) in [5, 5.41) is 0. The summed E-state index contributed by atoms with van der Waals surface area (Å²) in [6.45, 7) is 7.69. The van der Waals surface area contributed by atoms with Gasteiger partial charge in [-0.25, -0.2) is 9.34 Å². The van der Waals surface area contributed by atoms with Crippen LogP contribution in [-0.2, 0) is 14.5 Å². The smallest absolute Gasteiger partial charge is 0.285 e. The molecule has 0 unspecified atom stereocenters. The van der Waals surface area contributed by atoms with E-state index in [2.05, 4.69) is 4.15 Å². The Labute approximate surface area is 145 Å². The monoisotopic (exact) mass is 371 g/mol. The summed E-state index contributed by atoms with van der Waals surface area (Å²) in [5.74, 6) is 0. The van der Waals surface area contributed by atoms with Crippen LogP contribution in [0.4, 0.5) is 0 Å². The van der Waals surface area contributed by atoms with Gasteiger partial charge in [-0.1, -0.05) is 29.3 Å². The topological polar surface area (TPSA) is 62.2 Å². The fraction of sp³-hybridized carbons (Fsp3) is 0.500. The third-order valence-corrected chi connectivity index (χ3v) is 9.16. The molecule has 1 saturated heterocycles. The average molecular weight is 371 g/mol. The van der Waals surface area contributed by atoms with E-state index in [1.165, 1.54) is 0 Å². The maximum absolute atomic E-state index is 12.8. The van der Waals surface area contributed by atoms with E-state index in [-0.39, 0.29) is 4.90 Å². The number of nitrogens with zero attached hydrogens (tertiary/aromatic N) is 3. The van der Waals surface area contributed by atoms with Crippen molar-refractivity contribution >= 4 is 17.6 Å². The number of hydrogen-bond donors (Lipinski definition) is 0. The van der Waals surface area contributed by atoms with Crippen molar-refractivity contribution in [1.82, 2.24) is 9.34 Å². The first-order chi connectivity index (χ1) is 11.2. The van der Waals surface area contributed by atoms with Gasteiger partial charge in [-0.2, -0.15) is 8.42 Å². The highest BCUT2D eigenvalue weighted by atomic mass is 32.2. The first-order valence-corrected chi connectivity index (χ1v) is 10.8. The quantitative estimate of drug-likeness (QED) is 0.586. The molecule has 6 nitrogen and oxygen atoms in total. The number of rotatable bonds is 5. The van der Waals surface area contributed by atoms with Crippen LogP contribution in [0.3, 0.4) is 0 Å². The van der Waals surface area contributed by atoms with Gasteiger partial charge in [0.2, 0.25) is 7.58 Å². The fourth-order valence-corrected chi connectivity index (χ4v) is 7.41. The maximum Gasteiger partial charge on any atom is 0.285 e. The Hall–Kier alpha value is -0.980. The first kappa shape index (κ1) is 19.3. The van der Waals surface area contributed by atoms with Crippen molar-refractivity contribution in [2.75, 3.05) is 33.8 Å². The number of aryl methyl sites for hydroxylation is 1. The van der Waals surface area contributed by atoms with Crippen molar-refractivity contribution in [3.8, 4) is 0 Å². The third kappa shape index (κ3) is 4.16. The van der Waals surface area contributed by atoms with Gasteiger partial charge in [0.15, 0.2) is 0 Å². The van der Waals surface area contributed by atoms with Gasteiger partial charge in [-0.3, -0.25) is 0 Å². The molecule has 0 spiro atoms. The van der Waals surface area contributed by atoms with E-state index in [9.17, 15) is 8.42 Å². The number of allylic oxidation sites excluding steroid dienone is 1. The van der Waals surface area contributed by atoms with Crippen molar-refractivity contribution in [1.29, 1.82) is 0 Å². The Kier molecular flexibility index (Phi) is 6.04. The van der Waals surface area contributed by atoms with Crippen molar-refractivity contribution in [2.24, 2.45) is 4.15 Å². The molecule has 0 aromatic heterocycles. The van der Waals surface area contributed by atoms with E-state index in [4.69, 9.17) is 4.52 Å². The van der Waals surface area contributed by atoms with Crippen molar-refractivity contribution < 1.29 is 12.9 Å². The summed E-state index contributed by atoms with van der Waals surface area (Å²) in [5.41, 5.74) is 2.13. The molecule has 0 saturated carbocycles. The molecule has 0 bridgehead atoms. The van der Waals surface area contributed by atoms with Crippen LogP contribution < -0.4 is 0 Å². The minimum atomic E-state index is -3.79. The number of hydrogen-bond acceptors (Lipinski definition) is 3. The van der Waals surface area contributed by atoms with Crippen LogP contribution in [0.5, 0.6) is 0 Å². The molecular weight excluding hydrogens is 345 g/mol. The molecule has 8 heteroatoms. The molecule has 1 aliphatic rings. The SMILES string of the molecule is CC(C)=CCOP1(=NS(=O)(=O)c2ccc(C)cc2)N(C)CCN1C. The Morgan fingerprint density at radius 2 is 1.75 bits per heavy atom. The fourth-order valence-electron chi connectivity index (χ4n) is 2.36. The average Bonchev–Trinajstić information content (AvgIpc) is 2.75. The summed E-state index contributed by atoms with van der Waals surface area (Å²) in [4.78, 5) is 0.201. The lowest BCUT2D eigenvalue weighted by atomic mass is 10.2. The summed E-state index contributed by atoms with van der Waals surface area (Å²) < 4.78 is 39.8. The minimum Gasteiger partial charge on any atom is -0.316 e. The third-order valence-electron chi connectivity index (χ3n) is 3.91. The maximum atomic E-state index is 12.8. The van der Waals surface area contributed by atoms with E-state index in [0.29, 0.717) is 6.61 Å². The molecule has 2 rings (SSSR count). The molecule has 0 N–H and O–H groups in total. The summed E-state index contributed by atoms with van der Waals surface area (Å²) in [6.07, 6.45) is 1.94. The molecule has 0 atom stereocenters. The standard InChI is InChI=1S/C16H26N3O3PS/c1-14(2)10-13-22-23(18(4)11-12-19(23)5)17-24(20,21)16-8-6-15(3)7-9-16/h6-10H,11-13H2,1-5H3. The van der Waals surface area contributed by atoms with Crippen LogP contribution in [0.25, 0.3) is 0 Å². The van der Waals surface area contributed by atoms with Crippen LogP contribution in [0, 0.1) is 6.92 Å². The highest BCUT2D eigenvalue weighted by molar-refractivity contribution is 7.93. The molecule has 1 aliphatic heterocycles. The van der Waals surface area contributed by atoms with Gasteiger partial charge in [-0.05, 0) is 47.0 Å². The largest absolute Gasteiger partial charge is 0.316 e. The lowest BCUT2D eigenvalue weighted by molar-refractivity contribution is 0.340. The van der Waals surface area contributed by atoms with Crippen molar-refractivity contribution in [3.05, 3.63) is 41.5 Å². The van der Waals surface area contributed by atoms with Gasteiger partial charge < -0.3 is 4.52 Å². The van der Waals surface area contributed by atoms with Crippen LogP contribution in [0.2, 0.25) is 0 Å². The number of sulfonamides is 1. The minimum absolute atomic E-state index is 0.201. The second kappa shape index (κ2) is 7.50. The van der Waals surface area contributed by atoms with E-state index in [1.807, 2.05) is 50.3 Å². The second-order valence-electron chi connectivity index (χ2n) is 6.22. The van der Waals surface area contributed by atoms with E-state index in [0.717, 1.165) is 24.2 Å². The summed E-state index contributed by atoms with van der Waals surface area (Å²) in [7, 11) is -2.78. The number of likely N-dealkylation sites (N-methyl/N-ethyl adjacent to an activating group) is 2. The van der Waals surface area contributed by atoms with Crippen LogP contribution in [0.15, 0.2) is 45.0 Å². The molecule has 1 aromatic rings. The van der Waals surface area contributed by atoms with Gasteiger partial charge >= 0.3 is 0 Å². The van der Waals surface area contributed by atoms with Crippen LogP contribution in [-0.4, -0.2) is 51.6 Å². The molecule has 1 aromatic carbocycles. The predicted molar refractivity (Wildman–Crippen MR) is 98.4 cm³/mol. The highest BCUT2D eigenvalue weighted by Crippen LogP contribution is 2.60.